The van der Waals surface area contributed by atoms with Gasteiger partial charge in [0.25, 0.3) is 0 Å². The van der Waals surface area contributed by atoms with E-state index >= 15 is 0 Å². The summed E-state index contributed by atoms with van der Waals surface area (Å²) in [6.45, 7) is 11.2. The number of H-pyrrole nitrogens is 1. The molecule has 0 aliphatic rings. The number of nitrogens with zero attached hydrogens (tertiary/aromatic N) is 1. The molecule has 1 aromatic heterocycles. The highest BCUT2D eigenvalue weighted by molar-refractivity contribution is 8.05. The molecular weight excluding hydrogens is 343 g/mol. The van der Waals surface area contributed by atoms with E-state index in [-0.39, 0.29) is 12.2 Å². The second-order valence-electron chi connectivity index (χ2n) is 6.00. The van der Waals surface area contributed by atoms with Crippen LogP contribution in [-0.4, -0.2) is 27.2 Å². The smallest absolute Gasteiger partial charge is 0.333 e. The van der Waals surface area contributed by atoms with E-state index in [0.717, 1.165) is 11.0 Å². The second kappa shape index (κ2) is 8.34. The largest absolute Gasteiger partial charge is 0.344 e. The van der Waals surface area contributed by atoms with Crippen LogP contribution in [0.5, 0.6) is 0 Å². The van der Waals surface area contributed by atoms with Crippen LogP contribution in [0.4, 0.5) is 0 Å². The second-order valence-corrected chi connectivity index (χ2v) is 9.67. The summed E-state index contributed by atoms with van der Waals surface area (Å²) in [5, 5.41) is 0.697. The summed E-state index contributed by atoms with van der Waals surface area (Å²) in [7, 11) is -3.34. The number of para-hydroxylation sites is 2. The third kappa shape index (κ3) is 4.96. The molecule has 2 rings (SSSR count). The fraction of sp³-hybridized carbons (Fsp3) is 0.471. The van der Waals surface area contributed by atoms with Crippen LogP contribution in [0.1, 0.15) is 34.1 Å². The Bertz CT molecular complexity index is 682. The summed E-state index contributed by atoms with van der Waals surface area (Å²) in [4.78, 5) is 7.39. The van der Waals surface area contributed by atoms with Gasteiger partial charge in [-0.1, -0.05) is 30.0 Å². The van der Waals surface area contributed by atoms with Crippen molar-refractivity contribution in [3.63, 3.8) is 0 Å². The van der Waals surface area contributed by atoms with Gasteiger partial charge in [-0.2, -0.15) is 0 Å². The number of hydrogen-bond donors (Lipinski definition) is 1. The molecule has 0 bridgehead atoms. The van der Waals surface area contributed by atoms with Crippen molar-refractivity contribution < 1.29 is 13.6 Å². The number of fused-ring (bicyclic) bond motifs is 1. The zero-order valence-electron chi connectivity index (χ0n) is 14.6. The quantitative estimate of drug-likeness (QED) is 0.354. The van der Waals surface area contributed by atoms with Crippen molar-refractivity contribution in [2.45, 2.75) is 56.5 Å². The van der Waals surface area contributed by atoms with Crippen molar-refractivity contribution in [1.29, 1.82) is 0 Å². The van der Waals surface area contributed by atoms with E-state index in [0.29, 0.717) is 11.6 Å². The topological polar surface area (TPSA) is 64.2 Å². The lowest BCUT2D eigenvalue weighted by molar-refractivity contribution is 0.141. The molecule has 0 fully saturated rings. The van der Waals surface area contributed by atoms with E-state index in [4.69, 9.17) is 9.05 Å². The summed E-state index contributed by atoms with van der Waals surface area (Å²) in [5.41, 5.74) is 1.82. The minimum atomic E-state index is -3.34. The number of thioether (sulfide) groups is 1. The third-order valence-electron chi connectivity index (χ3n) is 3.05. The van der Waals surface area contributed by atoms with Crippen LogP contribution in [0.15, 0.2) is 42.1 Å². The van der Waals surface area contributed by atoms with Crippen LogP contribution in [-0.2, 0) is 13.6 Å². The Labute approximate surface area is 147 Å². The van der Waals surface area contributed by atoms with Gasteiger partial charge in [0.2, 0.25) is 0 Å². The number of allylic oxidation sites excluding steroid dienone is 1. The van der Waals surface area contributed by atoms with Gasteiger partial charge in [-0.15, -0.1) is 6.58 Å². The summed E-state index contributed by atoms with van der Waals surface area (Å²) in [5.74, 6) is 0. The number of imidazole rings is 1. The Kier molecular flexibility index (Phi) is 6.70. The van der Waals surface area contributed by atoms with E-state index in [1.165, 1.54) is 11.8 Å². The lowest BCUT2D eigenvalue weighted by atomic mass is 10.3. The first-order valence-corrected chi connectivity index (χ1v) is 10.5. The van der Waals surface area contributed by atoms with Crippen LogP contribution in [0, 0.1) is 0 Å². The van der Waals surface area contributed by atoms with Crippen LogP contribution in [0.3, 0.4) is 0 Å². The average molecular weight is 368 g/mol. The van der Waals surface area contributed by atoms with Gasteiger partial charge in [0.1, 0.15) is 4.99 Å². The molecule has 1 atom stereocenters. The van der Waals surface area contributed by atoms with E-state index < -0.39 is 12.6 Å². The summed E-state index contributed by atoms with van der Waals surface area (Å²) in [6.07, 6.45) is 1.84. The molecule has 0 saturated heterocycles. The highest BCUT2D eigenvalue weighted by atomic mass is 32.2. The van der Waals surface area contributed by atoms with Crippen LogP contribution in [0.2, 0.25) is 0 Å². The molecule has 0 radical (unpaired) electrons. The Morgan fingerprint density at radius 1 is 1.25 bits per heavy atom. The molecule has 1 heterocycles. The minimum absolute atomic E-state index is 0.196. The number of rotatable bonds is 9. The van der Waals surface area contributed by atoms with E-state index in [1.807, 2.05) is 52.0 Å². The Balaban J connectivity index is 2.30. The molecule has 0 aliphatic heterocycles. The summed E-state index contributed by atoms with van der Waals surface area (Å²) >= 11 is 1.38. The van der Waals surface area contributed by atoms with Gasteiger partial charge in [0.05, 0.1) is 23.2 Å². The predicted octanol–water partition coefficient (Wildman–Crippen LogP) is 5.60. The van der Waals surface area contributed by atoms with Crippen molar-refractivity contribution in [2.75, 3.05) is 0 Å². The maximum Gasteiger partial charge on any atom is 0.344 e. The van der Waals surface area contributed by atoms with E-state index in [1.54, 1.807) is 6.08 Å². The molecule has 1 unspecified atom stereocenters. The first-order valence-electron chi connectivity index (χ1n) is 8.03. The molecule has 7 heteroatoms. The lowest BCUT2D eigenvalue weighted by Crippen LogP contribution is -2.16. The van der Waals surface area contributed by atoms with Crippen LogP contribution < -0.4 is 0 Å². The highest BCUT2D eigenvalue weighted by Crippen LogP contribution is 2.61. The first-order chi connectivity index (χ1) is 11.3. The number of aromatic amines is 1. The molecular formula is C17H25N2O3PS. The monoisotopic (exact) mass is 368 g/mol. The van der Waals surface area contributed by atoms with Crippen molar-refractivity contribution in [1.82, 2.24) is 9.97 Å². The molecule has 1 aromatic carbocycles. The van der Waals surface area contributed by atoms with Gasteiger partial charge in [0.15, 0.2) is 5.16 Å². The molecule has 2 aromatic rings. The van der Waals surface area contributed by atoms with Gasteiger partial charge in [0, 0.05) is 0 Å². The van der Waals surface area contributed by atoms with E-state index in [9.17, 15) is 4.57 Å². The minimum Gasteiger partial charge on any atom is -0.333 e. The fourth-order valence-corrected chi connectivity index (χ4v) is 6.07. The SMILES string of the molecule is C=CCC(Sc1nc2ccccc2[nH]1)P(=O)(OC(C)C)OC(C)C. The normalized spacial score (nSPS) is 13.8. The molecule has 0 amide bonds. The molecule has 1 N–H and O–H groups in total. The molecule has 0 aliphatic carbocycles. The third-order valence-corrected chi connectivity index (χ3v) is 7.37. The molecule has 5 nitrogen and oxygen atoms in total. The highest BCUT2D eigenvalue weighted by Gasteiger charge is 2.38. The Hall–Kier alpha value is -1.07. The van der Waals surface area contributed by atoms with Gasteiger partial charge < -0.3 is 14.0 Å². The molecule has 24 heavy (non-hydrogen) atoms. The van der Waals surface area contributed by atoms with Crippen LogP contribution >= 0.6 is 19.4 Å². The number of benzene rings is 1. The number of nitrogens with one attached hydrogen (secondary N) is 1. The Morgan fingerprint density at radius 3 is 2.42 bits per heavy atom. The van der Waals surface area contributed by atoms with Crippen molar-refractivity contribution in [3.8, 4) is 0 Å². The first kappa shape index (κ1) is 19.3. The molecule has 132 valence electrons. The van der Waals surface area contributed by atoms with Crippen LogP contribution in [0.25, 0.3) is 11.0 Å². The maximum absolute atomic E-state index is 13.4. The van der Waals surface area contributed by atoms with E-state index in [2.05, 4.69) is 16.5 Å². The predicted molar refractivity (Wildman–Crippen MR) is 101 cm³/mol. The van der Waals surface area contributed by atoms with Crippen molar-refractivity contribution in [3.05, 3.63) is 36.9 Å². The van der Waals surface area contributed by atoms with Crippen molar-refractivity contribution in [2.24, 2.45) is 0 Å². The summed E-state index contributed by atoms with van der Waals surface area (Å²) < 4.78 is 24.9. The number of aromatic nitrogens is 2. The van der Waals surface area contributed by atoms with Gasteiger partial charge in [-0.05, 0) is 46.2 Å². The molecule has 0 saturated carbocycles. The average Bonchev–Trinajstić information content (AvgIpc) is 2.87. The number of hydrogen-bond acceptors (Lipinski definition) is 5. The van der Waals surface area contributed by atoms with Crippen molar-refractivity contribution >= 4 is 30.4 Å². The van der Waals surface area contributed by atoms with Gasteiger partial charge in [-0.3, -0.25) is 4.57 Å². The van der Waals surface area contributed by atoms with Gasteiger partial charge in [-0.25, -0.2) is 4.98 Å². The molecule has 0 spiro atoms. The lowest BCUT2D eigenvalue weighted by Gasteiger charge is -2.28. The standard InChI is InChI=1S/C17H25N2O3PS/c1-6-9-16(23(20,21-12(2)3)22-13(4)5)24-17-18-14-10-7-8-11-15(14)19-17/h6-8,10-13,16H,1,9H2,2-5H3,(H,18,19). The zero-order valence-corrected chi connectivity index (χ0v) is 16.3. The summed E-state index contributed by atoms with van der Waals surface area (Å²) in [6, 6.07) is 7.79. The van der Waals surface area contributed by atoms with Gasteiger partial charge >= 0.3 is 7.60 Å². The zero-order chi connectivity index (χ0) is 17.7. The maximum atomic E-state index is 13.4. The fourth-order valence-electron chi connectivity index (χ4n) is 2.25. The Morgan fingerprint density at radius 2 is 1.88 bits per heavy atom.